The number of nitrogens with zero attached hydrogens (tertiary/aromatic N) is 3. The minimum absolute atomic E-state index is 0.149. The summed E-state index contributed by atoms with van der Waals surface area (Å²) < 4.78 is 11.1. The quantitative estimate of drug-likeness (QED) is 0.222. The molecule has 4 rings (SSSR count). The van der Waals surface area contributed by atoms with Crippen LogP contribution in [0.5, 0.6) is 5.75 Å². The molecule has 3 N–H and O–H groups in total. The third-order valence-corrected chi connectivity index (χ3v) is 6.52. The molecule has 1 aliphatic rings. The zero-order chi connectivity index (χ0) is 27.8. The van der Waals surface area contributed by atoms with Gasteiger partial charge in [0.05, 0.1) is 54.2 Å². The molecular formula is C29H32ClN5O4. The smallest absolute Gasteiger partial charge is 0.258 e. The predicted molar refractivity (Wildman–Crippen MR) is 156 cm³/mol. The summed E-state index contributed by atoms with van der Waals surface area (Å²) in [5.41, 5.74) is 3.20. The van der Waals surface area contributed by atoms with Crippen molar-refractivity contribution in [3.05, 3.63) is 90.6 Å². The van der Waals surface area contributed by atoms with Crippen molar-refractivity contribution in [2.45, 2.75) is 6.23 Å². The number of pyridine rings is 1. The Morgan fingerprint density at radius 2 is 1.95 bits per heavy atom. The molecule has 0 saturated carbocycles. The van der Waals surface area contributed by atoms with Gasteiger partial charge in [0.1, 0.15) is 17.8 Å². The van der Waals surface area contributed by atoms with Crippen LogP contribution in [-0.4, -0.2) is 67.1 Å². The summed E-state index contributed by atoms with van der Waals surface area (Å²) in [6.45, 7) is 10.5. The van der Waals surface area contributed by atoms with Gasteiger partial charge in [-0.3, -0.25) is 4.79 Å². The van der Waals surface area contributed by atoms with E-state index in [1.165, 1.54) is 17.2 Å². The fraction of sp³-hybridized carbons (Fsp3) is 0.241. The van der Waals surface area contributed by atoms with Crippen LogP contribution >= 0.6 is 11.6 Å². The lowest BCUT2D eigenvalue weighted by molar-refractivity contribution is 0.0354. The van der Waals surface area contributed by atoms with Gasteiger partial charge in [0.25, 0.3) is 5.91 Å². The van der Waals surface area contributed by atoms with Gasteiger partial charge in [-0.25, -0.2) is 4.98 Å². The van der Waals surface area contributed by atoms with Crippen LogP contribution in [0.25, 0.3) is 0 Å². The Kier molecular flexibility index (Phi) is 9.43. The fourth-order valence-electron chi connectivity index (χ4n) is 4.20. The van der Waals surface area contributed by atoms with E-state index < -0.39 is 6.23 Å². The number of hydrogen-bond donors (Lipinski definition) is 3. The second kappa shape index (κ2) is 13.1. The van der Waals surface area contributed by atoms with Gasteiger partial charge in [-0.05, 0) is 30.3 Å². The third kappa shape index (κ3) is 6.69. The van der Waals surface area contributed by atoms with E-state index >= 15 is 0 Å². The highest BCUT2D eigenvalue weighted by Crippen LogP contribution is 2.34. The van der Waals surface area contributed by atoms with Gasteiger partial charge in [-0.2, -0.15) is 0 Å². The van der Waals surface area contributed by atoms with Gasteiger partial charge in [0.15, 0.2) is 0 Å². The summed E-state index contributed by atoms with van der Waals surface area (Å²) >= 11 is 6.48. The average molecular weight is 550 g/mol. The molecule has 9 nitrogen and oxygen atoms in total. The Morgan fingerprint density at radius 1 is 1.18 bits per heavy atom. The number of aromatic nitrogens is 1. The van der Waals surface area contributed by atoms with Crippen LogP contribution < -0.4 is 20.3 Å². The van der Waals surface area contributed by atoms with Crippen LogP contribution in [0.1, 0.15) is 10.4 Å². The number of aliphatic hydroxyl groups is 1. The summed E-state index contributed by atoms with van der Waals surface area (Å²) in [4.78, 5) is 21.2. The number of hydrogen-bond acceptors (Lipinski definition) is 8. The summed E-state index contributed by atoms with van der Waals surface area (Å²) in [5.74, 6) is 0.807. The molecule has 0 bridgehead atoms. The minimum Gasteiger partial charge on any atom is -0.494 e. The molecule has 1 aromatic heterocycles. The molecule has 1 fully saturated rings. The third-order valence-electron chi connectivity index (χ3n) is 6.22. The number of methoxy groups -OCH3 is 1. The normalized spacial score (nSPS) is 13.8. The first kappa shape index (κ1) is 28.0. The van der Waals surface area contributed by atoms with E-state index in [1.54, 1.807) is 43.5 Å². The van der Waals surface area contributed by atoms with Gasteiger partial charge in [-0.15, -0.1) is 6.58 Å². The molecule has 2 heterocycles. The van der Waals surface area contributed by atoms with Crippen LogP contribution in [0.2, 0.25) is 5.02 Å². The van der Waals surface area contributed by atoms with Crippen LogP contribution in [0.4, 0.5) is 28.6 Å². The number of amides is 1. The topological polar surface area (TPSA) is 99.2 Å². The van der Waals surface area contributed by atoms with Crippen LogP contribution in [0.15, 0.2) is 80.0 Å². The number of halogens is 1. The standard InChI is InChI=1S/C29H32ClN5O4/c1-4-12-35(28(36)5-2)29(37)21-8-6-7-9-23(21)32-25-18-27(31-19-22(25)30)33-24-11-10-20(17-26(24)38-3)34-13-15-39-16-14-34/h4-11,17-19,28,36H,1-2,12-16H2,3H3,(H2,31,32,33). The summed E-state index contributed by atoms with van der Waals surface area (Å²) in [6.07, 6.45) is 3.20. The number of carbonyl (C=O) groups excluding carboxylic acids is 1. The van der Waals surface area contributed by atoms with Crippen molar-refractivity contribution in [1.82, 2.24) is 9.88 Å². The van der Waals surface area contributed by atoms with Gasteiger partial charge in [0.2, 0.25) is 0 Å². The molecule has 2 aromatic carbocycles. The summed E-state index contributed by atoms with van der Waals surface area (Å²) in [5, 5.41) is 17.2. The number of ether oxygens (including phenoxy) is 2. The SMILES string of the molecule is C=CCN(C(=O)c1ccccc1Nc1cc(Nc2ccc(N3CCOCC3)cc2OC)ncc1Cl)C(O)C=C. The molecule has 1 saturated heterocycles. The van der Waals surface area contributed by atoms with Crippen molar-refractivity contribution < 1.29 is 19.4 Å². The first-order valence-electron chi connectivity index (χ1n) is 12.5. The van der Waals surface area contributed by atoms with Gasteiger partial charge in [-0.1, -0.05) is 36.4 Å². The molecule has 1 unspecified atom stereocenters. The van der Waals surface area contributed by atoms with Gasteiger partial charge in [0, 0.05) is 37.5 Å². The molecule has 0 aliphatic carbocycles. The molecule has 0 radical (unpaired) electrons. The molecule has 10 heteroatoms. The minimum atomic E-state index is -1.16. The maximum atomic E-state index is 13.3. The van der Waals surface area contributed by atoms with Crippen molar-refractivity contribution >= 4 is 46.1 Å². The van der Waals surface area contributed by atoms with E-state index in [9.17, 15) is 9.90 Å². The summed E-state index contributed by atoms with van der Waals surface area (Å²) in [7, 11) is 1.62. The molecule has 39 heavy (non-hydrogen) atoms. The lowest BCUT2D eigenvalue weighted by atomic mass is 10.1. The molecule has 1 aliphatic heterocycles. The van der Waals surface area contributed by atoms with E-state index in [0.717, 1.165) is 24.5 Å². The molecule has 0 spiro atoms. The van der Waals surface area contributed by atoms with E-state index in [2.05, 4.69) is 33.7 Å². The van der Waals surface area contributed by atoms with Crippen molar-refractivity contribution in [3.63, 3.8) is 0 Å². The number of anilines is 5. The van der Waals surface area contributed by atoms with Crippen molar-refractivity contribution in [1.29, 1.82) is 0 Å². The lowest BCUT2D eigenvalue weighted by Gasteiger charge is -2.29. The summed E-state index contributed by atoms with van der Waals surface area (Å²) in [6, 6.07) is 14.7. The molecule has 3 aromatic rings. The lowest BCUT2D eigenvalue weighted by Crippen LogP contribution is -2.39. The largest absolute Gasteiger partial charge is 0.494 e. The maximum absolute atomic E-state index is 13.3. The van der Waals surface area contributed by atoms with Crippen LogP contribution in [0, 0.1) is 0 Å². The monoisotopic (exact) mass is 549 g/mol. The second-order valence-corrected chi connectivity index (χ2v) is 9.13. The first-order chi connectivity index (χ1) is 18.9. The molecule has 1 atom stereocenters. The van der Waals surface area contributed by atoms with Gasteiger partial charge >= 0.3 is 0 Å². The Morgan fingerprint density at radius 3 is 2.67 bits per heavy atom. The van der Waals surface area contributed by atoms with E-state index in [0.29, 0.717) is 46.7 Å². The Balaban J connectivity index is 1.58. The Labute approximate surface area is 233 Å². The molecule has 204 valence electrons. The van der Waals surface area contributed by atoms with Crippen molar-refractivity contribution in [2.24, 2.45) is 0 Å². The number of para-hydroxylation sites is 1. The van der Waals surface area contributed by atoms with Crippen molar-refractivity contribution in [3.8, 4) is 5.75 Å². The maximum Gasteiger partial charge on any atom is 0.258 e. The highest BCUT2D eigenvalue weighted by molar-refractivity contribution is 6.33. The zero-order valence-corrected chi connectivity index (χ0v) is 22.5. The van der Waals surface area contributed by atoms with E-state index in [-0.39, 0.29) is 12.5 Å². The Hall–Kier alpha value is -4.05. The first-order valence-corrected chi connectivity index (χ1v) is 12.8. The van der Waals surface area contributed by atoms with Gasteiger partial charge < -0.3 is 35.0 Å². The zero-order valence-electron chi connectivity index (χ0n) is 21.8. The van der Waals surface area contributed by atoms with E-state index in [4.69, 9.17) is 21.1 Å². The molecular weight excluding hydrogens is 518 g/mol. The second-order valence-electron chi connectivity index (χ2n) is 8.72. The number of benzene rings is 2. The number of carbonyl (C=O) groups is 1. The predicted octanol–water partition coefficient (Wildman–Crippen LogP) is 5.20. The van der Waals surface area contributed by atoms with Crippen LogP contribution in [0.3, 0.4) is 0 Å². The number of aliphatic hydroxyl groups excluding tert-OH is 1. The number of rotatable bonds is 11. The highest BCUT2D eigenvalue weighted by atomic mass is 35.5. The Bertz CT molecular complexity index is 1330. The number of nitrogens with one attached hydrogen (secondary N) is 2. The van der Waals surface area contributed by atoms with Crippen LogP contribution in [-0.2, 0) is 4.74 Å². The number of morpholine rings is 1. The van der Waals surface area contributed by atoms with Crippen molar-refractivity contribution in [2.75, 3.05) is 55.5 Å². The average Bonchev–Trinajstić information content (AvgIpc) is 2.97. The fourth-order valence-corrected chi connectivity index (χ4v) is 4.35. The highest BCUT2D eigenvalue weighted by Gasteiger charge is 2.22. The van der Waals surface area contributed by atoms with E-state index in [1.807, 2.05) is 18.2 Å². The molecule has 1 amide bonds.